The molecule has 21 heavy (non-hydrogen) atoms. The Morgan fingerprint density at radius 2 is 2.05 bits per heavy atom. The lowest BCUT2D eigenvalue weighted by molar-refractivity contribution is 0.0607. The molecule has 1 aliphatic carbocycles. The van der Waals surface area contributed by atoms with Crippen LogP contribution in [-0.4, -0.2) is 13.1 Å². The average molecular weight is 319 g/mol. The van der Waals surface area contributed by atoms with Gasteiger partial charge in [-0.15, -0.1) is 11.3 Å². The van der Waals surface area contributed by atoms with E-state index in [2.05, 4.69) is 22.9 Å². The Kier molecular flexibility index (Phi) is 4.51. The standard InChI is InChI=1S/C16H17NO2S2/c1-19-16(18)15-14(8-9-20-15)17-21-13-7-6-11-4-2-3-5-12(11)10-13/h6-10,17H,2-5H2,1H3. The Morgan fingerprint density at radius 1 is 1.24 bits per heavy atom. The summed E-state index contributed by atoms with van der Waals surface area (Å²) in [6, 6.07) is 8.54. The van der Waals surface area contributed by atoms with Crippen LogP contribution < -0.4 is 4.72 Å². The van der Waals surface area contributed by atoms with E-state index in [0.717, 1.165) is 5.69 Å². The molecule has 0 amide bonds. The van der Waals surface area contributed by atoms with E-state index in [1.807, 2.05) is 11.4 Å². The molecule has 1 N–H and O–H groups in total. The number of anilines is 1. The van der Waals surface area contributed by atoms with Gasteiger partial charge >= 0.3 is 5.97 Å². The zero-order valence-corrected chi connectivity index (χ0v) is 13.5. The molecule has 3 rings (SSSR count). The summed E-state index contributed by atoms with van der Waals surface area (Å²) in [4.78, 5) is 13.4. The maximum atomic E-state index is 11.6. The highest BCUT2D eigenvalue weighted by molar-refractivity contribution is 8.00. The van der Waals surface area contributed by atoms with Crippen molar-refractivity contribution in [3.8, 4) is 0 Å². The predicted octanol–water partition coefficient (Wildman–Crippen LogP) is 4.53. The normalized spacial score (nSPS) is 13.6. The first kappa shape index (κ1) is 14.5. The molecule has 0 spiro atoms. The predicted molar refractivity (Wildman–Crippen MR) is 88.2 cm³/mol. The summed E-state index contributed by atoms with van der Waals surface area (Å²) in [5.41, 5.74) is 3.76. The van der Waals surface area contributed by atoms with Gasteiger partial charge in [0.25, 0.3) is 0 Å². The fourth-order valence-corrected chi connectivity index (χ4v) is 4.09. The summed E-state index contributed by atoms with van der Waals surface area (Å²) in [6.45, 7) is 0. The van der Waals surface area contributed by atoms with E-state index < -0.39 is 0 Å². The number of hydrogen-bond donors (Lipinski definition) is 1. The van der Waals surface area contributed by atoms with Gasteiger partial charge in [0.15, 0.2) is 0 Å². The molecule has 0 fully saturated rings. The number of carbonyl (C=O) groups excluding carboxylic acids is 1. The minimum absolute atomic E-state index is 0.293. The second kappa shape index (κ2) is 6.54. The van der Waals surface area contributed by atoms with Crippen LogP contribution in [-0.2, 0) is 17.6 Å². The highest BCUT2D eigenvalue weighted by Gasteiger charge is 2.14. The maximum absolute atomic E-state index is 11.6. The molecule has 0 unspecified atom stereocenters. The molecule has 0 radical (unpaired) electrons. The summed E-state index contributed by atoms with van der Waals surface area (Å²) in [6.07, 6.45) is 4.96. The van der Waals surface area contributed by atoms with Crippen molar-refractivity contribution in [3.63, 3.8) is 0 Å². The van der Waals surface area contributed by atoms with Gasteiger partial charge < -0.3 is 9.46 Å². The number of esters is 1. The quantitative estimate of drug-likeness (QED) is 0.663. The number of carbonyl (C=O) groups is 1. The van der Waals surface area contributed by atoms with E-state index in [-0.39, 0.29) is 5.97 Å². The van der Waals surface area contributed by atoms with Crippen LogP contribution in [0.2, 0.25) is 0 Å². The van der Waals surface area contributed by atoms with E-state index >= 15 is 0 Å². The Labute approximate surface area is 132 Å². The van der Waals surface area contributed by atoms with Crippen LogP contribution in [0.15, 0.2) is 34.5 Å². The topological polar surface area (TPSA) is 38.3 Å². The molecule has 1 aromatic heterocycles. The van der Waals surface area contributed by atoms with Crippen molar-refractivity contribution >= 4 is 34.9 Å². The Bertz CT molecular complexity index is 651. The first-order chi connectivity index (χ1) is 10.3. The first-order valence-electron chi connectivity index (χ1n) is 6.98. The van der Waals surface area contributed by atoms with Gasteiger partial charge in [-0.3, -0.25) is 0 Å². The summed E-state index contributed by atoms with van der Waals surface area (Å²) in [5, 5.41) is 1.89. The summed E-state index contributed by atoms with van der Waals surface area (Å²) in [5.74, 6) is -0.293. The second-order valence-electron chi connectivity index (χ2n) is 5.00. The van der Waals surface area contributed by atoms with E-state index in [0.29, 0.717) is 4.88 Å². The van der Waals surface area contributed by atoms with E-state index in [1.165, 1.54) is 60.2 Å². The van der Waals surface area contributed by atoms with Crippen LogP contribution >= 0.6 is 23.3 Å². The minimum atomic E-state index is -0.293. The van der Waals surface area contributed by atoms with E-state index in [1.54, 1.807) is 11.9 Å². The summed E-state index contributed by atoms with van der Waals surface area (Å²) >= 11 is 2.93. The molecule has 1 heterocycles. The van der Waals surface area contributed by atoms with E-state index in [4.69, 9.17) is 4.74 Å². The average Bonchev–Trinajstić information content (AvgIpc) is 3.00. The SMILES string of the molecule is COC(=O)c1sccc1NSc1ccc2c(c1)CCCC2. The maximum Gasteiger partial charge on any atom is 0.350 e. The molecule has 0 aliphatic heterocycles. The molecule has 3 nitrogen and oxygen atoms in total. The third kappa shape index (κ3) is 3.24. The van der Waals surface area contributed by atoms with Crippen LogP contribution in [0.4, 0.5) is 5.69 Å². The molecular weight excluding hydrogens is 302 g/mol. The number of nitrogens with one attached hydrogen (secondary N) is 1. The van der Waals surface area contributed by atoms with Crippen LogP contribution in [0.5, 0.6) is 0 Å². The van der Waals surface area contributed by atoms with Gasteiger partial charge in [-0.2, -0.15) is 0 Å². The first-order valence-corrected chi connectivity index (χ1v) is 8.68. The molecule has 2 aromatic rings. The van der Waals surface area contributed by atoms with Crippen molar-refractivity contribution in [2.45, 2.75) is 30.6 Å². The fourth-order valence-electron chi connectivity index (χ4n) is 2.53. The Balaban J connectivity index is 1.71. The zero-order chi connectivity index (χ0) is 14.7. The van der Waals surface area contributed by atoms with E-state index in [9.17, 15) is 4.79 Å². The van der Waals surface area contributed by atoms with Gasteiger partial charge in [-0.1, -0.05) is 6.07 Å². The van der Waals surface area contributed by atoms with Gasteiger partial charge in [0.05, 0.1) is 12.8 Å². The molecule has 0 bridgehead atoms. The van der Waals surface area contributed by atoms with Crippen molar-refractivity contribution in [1.82, 2.24) is 0 Å². The summed E-state index contributed by atoms with van der Waals surface area (Å²) < 4.78 is 8.04. The number of benzene rings is 1. The second-order valence-corrected chi connectivity index (χ2v) is 6.79. The molecule has 1 aliphatic rings. The number of methoxy groups -OCH3 is 1. The number of ether oxygens (including phenoxy) is 1. The molecule has 1 aromatic carbocycles. The van der Waals surface area contributed by atoms with Gasteiger partial charge in [0.1, 0.15) is 4.88 Å². The molecule has 0 saturated heterocycles. The van der Waals surface area contributed by atoms with Gasteiger partial charge in [-0.25, -0.2) is 4.79 Å². The smallest absolute Gasteiger partial charge is 0.350 e. The largest absolute Gasteiger partial charge is 0.465 e. The van der Waals surface area contributed by atoms with Gasteiger partial charge in [0.2, 0.25) is 0 Å². The number of thiophene rings is 1. The highest BCUT2D eigenvalue weighted by Crippen LogP contribution is 2.30. The third-order valence-electron chi connectivity index (χ3n) is 3.63. The minimum Gasteiger partial charge on any atom is -0.465 e. The number of rotatable bonds is 4. The molecule has 0 saturated carbocycles. The zero-order valence-electron chi connectivity index (χ0n) is 11.8. The highest BCUT2D eigenvalue weighted by atomic mass is 32.2. The number of aryl methyl sites for hydroxylation is 2. The summed E-state index contributed by atoms with van der Waals surface area (Å²) in [7, 11) is 1.41. The van der Waals surface area contributed by atoms with Gasteiger partial charge in [-0.05, 0) is 72.3 Å². The van der Waals surface area contributed by atoms with Gasteiger partial charge in [0, 0.05) is 4.90 Å². The lowest BCUT2D eigenvalue weighted by Crippen LogP contribution is -2.03. The van der Waals surface area contributed by atoms with Crippen molar-refractivity contribution < 1.29 is 9.53 Å². The van der Waals surface area contributed by atoms with Crippen LogP contribution in [0, 0.1) is 0 Å². The van der Waals surface area contributed by atoms with Crippen molar-refractivity contribution in [1.29, 1.82) is 0 Å². The molecule has 5 heteroatoms. The molecular formula is C16H17NO2S2. The third-order valence-corrected chi connectivity index (χ3v) is 5.34. The lowest BCUT2D eigenvalue weighted by atomic mass is 9.92. The lowest BCUT2D eigenvalue weighted by Gasteiger charge is -2.16. The molecule has 110 valence electrons. The van der Waals surface area contributed by atoms with Crippen molar-refractivity contribution in [2.24, 2.45) is 0 Å². The Hall–Kier alpha value is -1.46. The molecule has 0 atom stereocenters. The van der Waals surface area contributed by atoms with Crippen LogP contribution in [0.3, 0.4) is 0 Å². The number of hydrogen-bond acceptors (Lipinski definition) is 5. The fraction of sp³-hybridized carbons (Fsp3) is 0.312. The monoisotopic (exact) mass is 319 g/mol. The van der Waals surface area contributed by atoms with Crippen molar-refractivity contribution in [2.75, 3.05) is 11.8 Å². The Morgan fingerprint density at radius 3 is 2.86 bits per heavy atom. The van der Waals surface area contributed by atoms with Crippen LogP contribution in [0.1, 0.15) is 33.6 Å². The van der Waals surface area contributed by atoms with Crippen molar-refractivity contribution in [3.05, 3.63) is 45.6 Å². The van der Waals surface area contributed by atoms with Crippen LogP contribution in [0.25, 0.3) is 0 Å². The number of fused-ring (bicyclic) bond motifs is 1.